The van der Waals surface area contributed by atoms with Crippen LogP contribution in [-0.4, -0.2) is 12.3 Å². The third kappa shape index (κ3) is 4.82. The van der Waals surface area contributed by atoms with Crippen molar-refractivity contribution in [1.29, 1.82) is 0 Å². The summed E-state index contributed by atoms with van der Waals surface area (Å²) in [7, 11) is 0. The first kappa shape index (κ1) is 13.9. The maximum atomic E-state index is 11.3. The van der Waals surface area contributed by atoms with E-state index in [0.717, 1.165) is 6.54 Å². The first-order valence-corrected chi connectivity index (χ1v) is 5.54. The summed E-state index contributed by atoms with van der Waals surface area (Å²) in [5.74, 6) is 0.615. The third-order valence-corrected chi connectivity index (χ3v) is 2.60. The molecule has 0 rings (SSSR count). The van der Waals surface area contributed by atoms with Crippen LogP contribution < -0.4 is 5.32 Å². The smallest absolute Gasteiger partial charge is 0.175 e. The quantitative estimate of drug-likeness (QED) is 0.557. The van der Waals surface area contributed by atoms with E-state index in [4.69, 9.17) is 0 Å². The predicted octanol–water partition coefficient (Wildman–Crippen LogP) is 3.06. The van der Waals surface area contributed by atoms with Crippen molar-refractivity contribution < 1.29 is 4.79 Å². The average molecular weight is 209 g/mol. The second-order valence-corrected chi connectivity index (χ2v) is 4.17. The first-order chi connectivity index (χ1) is 6.90. The van der Waals surface area contributed by atoms with Gasteiger partial charge in [-0.05, 0) is 38.3 Å². The van der Waals surface area contributed by atoms with Gasteiger partial charge in [0, 0.05) is 13.5 Å². The number of Topliss-reactive ketones (excluding diaryl/α,β-unsaturated/α-hetero) is 1. The minimum absolute atomic E-state index is 0.0905. The topological polar surface area (TPSA) is 29.1 Å². The molecule has 0 unspecified atom stereocenters. The maximum absolute atomic E-state index is 11.3. The fourth-order valence-electron chi connectivity index (χ4n) is 1.25. The van der Waals surface area contributed by atoms with Crippen LogP contribution in [0.1, 0.15) is 41.5 Å². The normalized spacial score (nSPS) is 13.9. The molecule has 0 aliphatic carbocycles. The molecule has 0 heterocycles. The highest BCUT2D eigenvalue weighted by Gasteiger charge is 2.04. The van der Waals surface area contributed by atoms with Crippen LogP contribution in [0.4, 0.5) is 0 Å². The summed E-state index contributed by atoms with van der Waals surface area (Å²) in [5, 5.41) is 3.08. The molecular formula is C13H23NO. The van der Waals surface area contributed by atoms with Gasteiger partial charge in [-0.1, -0.05) is 19.4 Å². The van der Waals surface area contributed by atoms with Gasteiger partial charge in [-0.25, -0.2) is 0 Å². The van der Waals surface area contributed by atoms with E-state index in [0.29, 0.717) is 11.6 Å². The van der Waals surface area contributed by atoms with Gasteiger partial charge in [-0.2, -0.15) is 0 Å². The van der Waals surface area contributed by atoms with Gasteiger partial charge >= 0.3 is 0 Å². The average Bonchev–Trinajstić information content (AvgIpc) is 2.15. The second-order valence-electron chi connectivity index (χ2n) is 4.17. The van der Waals surface area contributed by atoms with E-state index < -0.39 is 0 Å². The zero-order valence-corrected chi connectivity index (χ0v) is 10.8. The lowest BCUT2D eigenvalue weighted by molar-refractivity contribution is -0.113. The maximum Gasteiger partial charge on any atom is 0.175 e. The van der Waals surface area contributed by atoms with Crippen LogP contribution in [0.25, 0.3) is 0 Å². The molecule has 0 aliphatic heterocycles. The van der Waals surface area contributed by atoms with Crippen molar-refractivity contribution in [2.45, 2.75) is 41.5 Å². The summed E-state index contributed by atoms with van der Waals surface area (Å²) in [6.07, 6.45) is 1.95. The summed E-state index contributed by atoms with van der Waals surface area (Å²) in [4.78, 5) is 11.3. The molecule has 86 valence electrons. The Morgan fingerprint density at radius 3 is 2.13 bits per heavy atom. The summed E-state index contributed by atoms with van der Waals surface area (Å²) < 4.78 is 0. The molecule has 0 aromatic rings. The van der Waals surface area contributed by atoms with Gasteiger partial charge in [0.25, 0.3) is 0 Å². The van der Waals surface area contributed by atoms with E-state index >= 15 is 0 Å². The van der Waals surface area contributed by atoms with Crippen LogP contribution >= 0.6 is 0 Å². The first-order valence-electron chi connectivity index (χ1n) is 5.54. The molecule has 2 heteroatoms. The number of rotatable bonds is 5. The number of nitrogens with one attached hydrogen (secondary N) is 1. The number of hydrogen-bond donors (Lipinski definition) is 1. The molecule has 15 heavy (non-hydrogen) atoms. The molecule has 0 bridgehead atoms. The van der Waals surface area contributed by atoms with E-state index in [1.807, 2.05) is 13.0 Å². The lowest BCUT2D eigenvalue weighted by Crippen LogP contribution is -2.18. The molecule has 0 saturated heterocycles. The summed E-state index contributed by atoms with van der Waals surface area (Å²) in [6.45, 7) is 12.8. The van der Waals surface area contributed by atoms with Gasteiger partial charge in [-0.3, -0.25) is 4.79 Å². The molecule has 0 spiro atoms. The SMILES string of the molecule is CCN/C(=C\C(C)=C(/C)C(C)C)C(C)=O. The molecule has 0 saturated carbocycles. The van der Waals surface area contributed by atoms with Gasteiger partial charge < -0.3 is 5.32 Å². The molecule has 2 nitrogen and oxygen atoms in total. The fourth-order valence-corrected chi connectivity index (χ4v) is 1.25. The molecule has 0 aromatic carbocycles. The summed E-state index contributed by atoms with van der Waals surface area (Å²) in [5.41, 5.74) is 3.21. The Morgan fingerprint density at radius 2 is 1.80 bits per heavy atom. The van der Waals surface area contributed by atoms with Crippen LogP contribution in [0.2, 0.25) is 0 Å². The molecule has 0 aliphatic rings. The Balaban J connectivity index is 4.97. The van der Waals surface area contributed by atoms with E-state index in [2.05, 4.69) is 33.0 Å². The number of carbonyl (C=O) groups excluding carboxylic acids is 1. The number of ketones is 1. The standard InChI is InChI=1S/C13H23NO/c1-7-14-13(12(6)15)8-10(4)11(5)9(2)3/h8-9,14H,7H2,1-6H3/b11-10+,13-8-. The molecule has 0 fully saturated rings. The summed E-state index contributed by atoms with van der Waals surface area (Å²) >= 11 is 0. The highest BCUT2D eigenvalue weighted by Crippen LogP contribution is 2.15. The van der Waals surface area contributed by atoms with Crippen molar-refractivity contribution in [1.82, 2.24) is 5.32 Å². The van der Waals surface area contributed by atoms with Crippen LogP contribution in [0.15, 0.2) is 22.9 Å². The lowest BCUT2D eigenvalue weighted by Gasteiger charge is -2.10. The van der Waals surface area contributed by atoms with E-state index in [1.165, 1.54) is 11.1 Å². The van der Waals surface area contributed by atoms with Crippen LogP contribution in [0.5, 0.6) is 0 Å². The highest BCUT2D eigenvalue weighted by molar-refractivity contribution is 5.93. The van der Waals surface area contributed by atoms with Gasteiger partial charge in [0.05, 0.1) is 5.70 Å². The van der Waals surface area contributed by atoms with Gasteiger partial charge in [0.1, 0.15) is 0 Å². The minimum atomic E-state index is 0.0905. The number of allylic oxidation sites excluding steroid dienone is 4. The van der Waals surface area contributed by atoms with Crippen molar-refractivity contribution in [3.63, 3.8) is 0 Å². The largest absolute Gasteiger partial charge is 0.382 e. The van der Waals surface area contributed by atoms with Gasteiger partial charge in [0.15, 0.2) is 5.78 Å². The second kappa shape index (κ2) is 6.44. The zero-order chi connectivity index (χ0) is 12.0. The Labute approximate surface area is 93.5 Å². The van der Waals surface area contributed by atoms with Crippen molar-refractivity contribution in [2.24, 2.45) is 5.92 Å². The van der Waals surface area contributed by atoms with Crippen LogP contribution in [0, 0.1) is 5.92 Å². The van der Waals surface area contributed by atoms with E-state index in [-0.39, 0.29) is 5.78 Å². The number of likely N-dealkylation sites (N-methyl/N-ethyl adjacent to an activating group) is 1. The molecule has 0 aromatic heterocycles. The van der Waals surface area contributed by atoms with Gasteiger partial charge in [0.2, 0.25) is 0 Å². The lowest BCUT2D eigenvalue weighted by atomic mass is 9.99. The van der Waals surface area contributed by atoms with E-state index in [1.54, 1.807) is 6.92 Å². The predicted molar refractivity (Wildman–Crippen MR) is 65.7 cm³/mol. The van der Waals surface area contributed by atoms with Crippen molar-refractivity contribution in [3.8, 4) is 0 Å². The molecule has 0 amide bonds. The Hall–Kier alpha value is -1.05. The Morgan fingerprint density at radius 1 is 1.27 bits per heavy atom. The van der Waals surface area contributed by atoms with Gasteiger partial charge in [-0.15, -0.1) is 0 Å². The molecule has 0 radical (unpaired) electrons. The highest BCUT2D eigenvalue weighted by atomic mass is 16.1. The third-order valence-electron chi connectivity index (χ3n) is 2.60. The molecular weight excluding hydrogens is 186 g/mol. The van der Waals surface area contributed by atoms with Crippen LogP contribution in [0.3, 0.4) is 0 Å². The Kier molecular flexibility index (Phi) is 5.99. The minimum Gasteiger partial charge on any atom is -0.382 e. The monoisotopic (exact) mass is 209 g/mol. The zero-order valence-electron chi connectivity index (χ0n) is 10.8. The number of hydrogen-bond acceptors (Lipinski definition) is 2. The Bertz CT molecular complexity index is 285. The summed E-state index contributed by atoms with van der Waals surface area (Å²) in [6, 6.07) is 0. The van der Waals surface area contributed by atoms with Crippen molar-refractivity contribution in [2.75, 3.05) is 6.54 Å². The fraction of sp³-hybridized carbons (Fsp3) is 0.615. The van der Waals surface area contributed by atoms with E-state index in [9.17, 15) is 4.79 Å². The van der Waals surface area contributed by atoms with Crippen LogP contribution in [-0.2, 0) is 4.79 Å². The molecule has 0 atom stereocenters. The van der Waals surface area contributed by atoms with Crippen molar-refractivity contribution in [3.05, 3.63) is 22.9 Å². The van der Waals surface area contributed by atoms with Crippen molar-refractivity contribution >= 4 is 5.78 Å². The molecule has 1 N–H and O–H groups in total. The number of carbonyl (C=O) groups is 1.